The van der Waals surface area contributed by atoms with Crippen molar-refractivity contribution in [3.05, 3.63) is 29.6 Å². The monoisotopic (exact) mass is 267 g/mol. The molecular weight excluding hydrogens is 245 g/mol. The van der Waals surface area contributed by atoms with Gasteiger partial charge in [0.2, 0.25) is 0 Å². The number of halogens is 1. The number of nitrogens with two attached hydrogens (primary N) is 1. The maximum absolute atomic E-state index is 13.4. The van der Waals surface area contributed by atoms with Crippen molar-refractivity contribution >= 4 is 11.5 Å². The van der Waals surface area contributed by atoms with Crippen LogP contribution in [0.2, 0.25) is 0 Å². The van der Waals surface area contributed by atoms with E-state index < -0.39 is 5.82 Å². The molecule has 19 heavy (non-hydrogen) atoms. The highest BCUT2D eigenvalue weighted by atomic mass is 19.1. The number of amidine groups is 1. The molecule has 0 aromatic heterocycles. The second-order valence-electron chi connectivity index (χ2n) is 5.29. The predicted molar refractivity (Wildman–Crippen MR) is 76.2 cm³/mol. The second kappa shape index (κ2) is 6.41. The van der Waals surface area contributed by atoms with Crippen LogP contribution < -0.4 is 10.6 Å². The third-order valence-corrected chi connectivity index (χ3v) is 2.84. The molecule has 4 nitrogen and oxygen atoms in total. The lowest BCUT2D eigenvalue weighted by molar-refractivity contribution is 0.318. The van der Waals surface area contributed by atoms with Crippen LogP contribution in [0.15, 0.2) is 23.4 Å². The minimum absolute atomic E-state index is 0.0797. The van der Waals surface area contributed by atoms with Crippen molar-refractivity contribution < 1.29 is 9.60 Å². The Morgan fingerprint density at radius 3 is 2.47 bits per heavy atom. The Morgan fingerprint density at radius 2 is 2.00 bits per heavy atom. The highest BCUT2D eigenvalue weighted by Gasteiger charge is 2.18. The van der Waals surface area contributed by atoms with E-state index in [2.05, 4.69) is 37.8 Å². The van der Waals surface area contributed by atoms with Gasteiger partial charge in [-0.15, -0.1) is 0 Å². The first kappa shape index (κ1) is 15.3. The Morgan fingerprint density at radius 1 is 1.37 bits per heavy atom. The summed E-state index contributed by atoms with van der Waals surface area (Å²) in [5.41, 5.74) is 6.83. The molecule has 1 aromatic rings. The van der Waals surface area contributed by atoms with Crippen LogP contribution in [0.5, 0.6) is 0 Å². The summed E-state index contributed by atoms with van der Waals surface area (Å²) < 4.78 is 13.4. The zero-order valence-electron chi connectivity index (χ0n) is 11.9. The molecule has 0 saturated carbocycles. The van der Waals surface area contributed by atoms with E-state index in [1.165, 1.54) is 12.1 Å². The average molecular weight is 267 g/mol. The van der Waals surface area contributed by atoms with E-state index in [1.54, 1.807) is 6.07 Å². The van der Waals surface area contributed by atoms with Crippen molar-refractivity contribution in [2.45, 2.75) is 33.7 Å². The van der Waals surface area contributed by atoms with E-state index >= 15 is 0 Å². The number of benzene rings is 1. The molecule has 1 rings (SSSR count). The number of rotatable bonds is 5. The van der Waals surface area contributed by atoms with Crippen LogP contribution in [-0.2, 0) is 0 Å². The summed E-state index contributed by atoms with van der Waals surface area (Å²) in [6.07, 6.45) is 0. The number of hydrogen-bond acceptors (Lipinski definition) is 3. The van der Waals surface area contributed by atoms with Crippen LogP contribution in [0.4, 0.5) is 10.1 Å². The Hall–Kier alpha value is -1.78. The van der Waals surface area contributed by atoms with Gasteiger partial charge in [-0.2, -0.15) is 0 Å². The Labute approximate surface area is 113 Å². The van der Waals surface area contributed by atoms with E-state index in [0.717, 1.165) is 12.2 Å². The Bertz CT molecular complexity index is 458. The molecule has 0 aliphatic rings. The predicted octanol–water partition coefficient (Wildman–Crippen LogP) is 2.79. The molecule has 0 radical (unpaired) electrons. The smallest absolute Gasteiger partial charge is 0.172 e. The number of anilines is 1. The van der Waals surface area contributed by atoms with Gasteiger partial charge in [0.25, 0.3) is 0 Å². The molecule has 106 valence electrons. The summed E-state index contributed by atoms with van der Waals surface area (Å²) in [6.45, 7) is 9.16. The van der Waals surface area contributed by atoms with Gasteiger partial charge in [-0.05, 0) is 38.0 Å². The van der Waals surface area contributed by atoms with Crippen LogP contribution in [0, 0.1) is 11.7 Å². The Balaban J connectivity index is 3.29. The maximum Gasteiger partial charge on any atom is 0.172 e. The van der Waals surface area contributed by atoms with Crippen molar-refractivity contribution in [2.75, 3.05) is 11.4 Å². The van der Waals surface area contributed by atoms with Crippen molar-refractivity contribution in [3.63, 3.8) is 0 Å². The van der Waals surface area contributed by atoms with Crippen molar-refractivity contribution in [3.8, 4) is 0 Å². The van der Waals surface area contributed by atoms with Crippen molar-refractivity contribution in [1.29, 1.82) is 0 Å². The number of hydrogen-bond donors (Lipinski definition) is 2. The minimum Gasteiger partial charge on any atom is -0.409 e. The lowest BCUT2D eigenvalue weighted by Gasteiger charge is -2.32. The molecule has 3 N–H and O–H groups in total. The Kier molecular flexibility index (Phi) is 5.15. The fourth-order valence-corrected chi connectivity index (χ4v) is 2.00. The lowest BCUT2D eigenvalue weighted by atomic mass is 10.1. The third kappa shape index (κ3) is 3.84. The molecule has 1 aromatic carbocycles. The molecule has 0 unspecified atom stereocenters. The SMILES string of the molecule is CC(C)CN(c1ccc(F)cc1C(N)=NO)C(C)C. The molecule has 0 fully saturated rings. The largest absolute Gasteiger partial charge is 0.409 e. The van der Waals surface area contributed by atoms with Crippen LogP contribution in [-0.4, -0.2) is 23.6 Å². The highest BCUT2D eigenvalue weighted by molar-refractivity contribution is 6.02. The van der Waals surface area contributed by atoms with Crippen LogP contribution in [0.25, 0.3) is 0 Å². The fraction of sp³-hybridized carbons (Fsp3) is 0.500. The number of nitrogens with zero attached hydrogens (tertiary/aromatic N) is 2. The highest BCUT2D eigenvalue weighted by Crippen LogP contribution is 2.24. The van der Waals surface area contributed by atoms with Gasteiger partial charge in [-0.25, -0.2) is 4.39 Å². The fourth-order valence-electron chi connectivity index (χ4n) is 2.00. The van der Waals surface area contributed by atoms with Crippen LogP contribution in [0.1, 0.15) is 33.3 Å². The molecule has 0 aliphatic heterocycles. The van der Waals surface area contributed by atoms with Gasteiger partial charge in [-0.3, -0.25) is 0 Å². The molecule has 5 heteroatoms. The van der Waals surface area contributed by atoms with E-state index in [1.807, 2.05) is 0 Å². The van der Waals surface area contributed by atoms with Crippen LogP contribution in [0.3, 0.4) is 0 Å². The topological polar surface area (TPSA) is 61.8 Å². The van der Waals surface area contributed by atoms with E-state index in [4.69, 9.17) is 10.9 Å². The lowest BCUT2D eigenvalue weighted by Crippen LogP contribution is -2.36. The third-order valence-electron chi connectivity index (χ3n) is 2.84. The normalized spacial score (nSPS) is 12.3. The van der Waals surface area contributed by atoms with Crippen molar-refractivity contribution in [1.82, 2.24) is 0 Å². The summed E-state index contributed by atoms with van der Waals surface area (Å²) >= 11 is 0. The summed E-state index contributed by atoms with van der Waals surface area (Å²) in [4.78, 5) is 2.12. The average Bonchev–Trinajstić information content (AvgIpc) is 2.34. The standard InChI is InChI=1S/C14H22FN3O/c1-9(2)8-18(10(3)4)13-6-5-11(15)7-12(13)14(16)17-19/h5-7,9-10,19H,8H2,1-4H3,(H2,16,17). The molecule has 0 heterocycles. The van der Waals surface area contributed by atoms with Gasteiger partial charge in [0, 0.05) is 23.8 Å². The quantitative estimate of drug-likeness (QED) is 0.373. The molecule has 0 bridgehead atoms. The molecular formula is C14H22FN3O. The molecule has 0 saturated heterocycles. The van der Waals surface area contributed by atoms with Gasteiger partial charge in [0.15, 0.2) is 5.84 Å². The summed E-state index contributed by atoms with van der Waals surface area (Å²) in [5, 5.41) is 11.8. The zero-order valence-corrected chi connectivity index (χ0v) is 11.9. The van der Waals surface area contributed by atoms with Gasteiger partial charge in [0.05, 0.1) is 0 Å². The minimum atomic E-state index is -0.404. The van der Waals surface area contributed by atoms with Crippen molar-refractivity contribution in [2.24, 2.45) is 16.8 Å². The molecule has 0 amide bonds. The first-order valence-electron chi connectivity index (χ1n) is 6.40. The van der Waals surface area contributed by atoms with Crippen LogP contribution >= 0.6 is 0 Å². The summed E-state index contributed by atoms with van der Waals surface area (Å²) in [7, 11) is 0. The molecule has 0 aliphatic carbocycles. The zero-order chi connectivity index (χ0) is 14.6. The van der Waals surface area contributed by atoms with E-state index in [-0.39, 0.29) is 11.9 Å². The van der Waals surface area contributed by atoms with Gasteiger partial charge in [-0.1, -0.05) is 19.0 Å². The molecule has 0 atom stereocenters. The number of oxime groups is 1. The van der Waals surface area contributed by atoms with Gasteiger partial charge >= 0.3 is 0 Å². The van der Waals surface area contributed by atoms with E-state index in [9.17, 15) is 4.39 Å². The summed E-state index contributed by atoms with van der Waals surface area (Å²) in [6, 6.07) is 4.59. The molecule has 0 spiro atoms. The summed E-state index contributed by atoms with van der Waals surface area (Å²) in [5.74, 6) is -0.0323. The first-order chi connectivity index (χ1) is 8.86. The second-order valence-corrected chi connectivity index (χ2v) is 5.29. The maximum atomic E-state index is 13.4. The first-order valence-corrected chi connectivity index (χ1v) is 6.40. The van der Waals surface area contributed by atoms with E-state index in [0.29, 0.717) is 11.5 Å². The van der Waals surface area contributed by atoms with Gasteiger partial charge in [0.1, 0.15) is 5.82 Å². The van der Waals surface area contributed by atoms with Gasteiger partial charge < -0.3 is 15.8 Å².